The number of rotatable bonds is 8. The van der Waals surface area contributed by atoms with E-state index in [2.05, 4.69) is 28.1 Å². The number of nitrogens with zero attached hydrogens (tertiary/aromatic N) is 2. The third kappa shape index (κ3) is 5.46. The van der Waals surface area contributed by atoms with Crippen LogP contribution in [0.2, 0.25) is 5.02 Å². The highest BCUT2D eigenvalue weighted by Gasteiger charge is 2.11. The molecule has 0 aliphatic rings. The number of halogens is 1. The summed E-state index contributed by atoms with van der Waals surface area (Å²) in [6, 6.07) is 18.1. The highest BCUT2D eigenvalue weighted by molar-refractivity contribution is 6.30. The van der Waals surface area contributed by atoms with Crippen LogP contribution in [0.1, 0.15) is 16.7 Å². The van der Waals surface area contributed by atoms with Crippen LogP contribution in [0.25, 0.3) is 0 Å². The third-order valence-corrected chi connectivity index (χ3v) is 4.58. The summed E-state index contributed by atoms with van der Waals surface area (Å²) in [4.78, 5) is 6.48. The molecular formula is C22H23ClN2O2. The maximum absolute atomic E-state index is 6.02. The summed E-state index contributed by atoms with van der Waals surface area (Å²) in [7, 11) is 3.30. The first kappa shape index (κ1) is 19.2. The summed E-state index contributed by atoms with van der Waals surface area (Å²) in [6.07, 6.45) is 3.65. The molecule has 3 aromatic rings. The Morgan fingerprint density at radius 2 is 1.30 bits per heavy atom. The molecule has 0 amide bonds. The van der Waals surface area contributed by atoms with Gasteiger partial charge in [-0.1, -0.05) is 29.8 Å². The zero-order valence-corrected chi connectivity index (χ0v) is 16.3. The molecule has 27 heavy (non-hydrogen) atoms. The minimum atomic E-state index is 0.736. The monoisotopic (exact) mass is 382 g/mol. The van der Waals surface area contributed by atoms with Gasteiger partial charge in [0.1, 0.15) is 0 Å². The molecule has 0 N–H and O–H groups in total. The summed E-state index contributed by atoms with van der Waals surface area (Å²) in [5.74, 6) is 1.48. The van der Waals surface area contributed by atoms with E-state index in [4.69, 9.17) is 21.1 Å². The fraction of sp³-hybridized carbons (Fsp3) is 0.227. The van der Waals surface area contributed by atoms with Crippen LogP contribution in [-0.2, 0) is 19.6 Å². The number of hydrogen-bond acceptors (Lipinski definition) is 4. The molecule has 0 bridgehead atoms. The molecule has 0 spiro atoms. The molecule has 1 aromatic heterocycles. The van der Waals surface area contributed by atoms with Gasteiger partial charge in [-0.25, -0.2) is 0 Å². The molecule has 2 aromatic carbocycles. The summed E-state index contributed by atoms with van der Waals surface area (Å²) >= 11 is 6.02. The minimum Gasteiger partial charge on any atom is -0.493 e. The van der Waals surface area contributed by atoms with Gasteiger partial charge in [0.2, 0.25) is 0 Å². The smallest absolute Gasteiger partial charge is 0.161 e. The molecule has 0 atom stereocenters. The third-order valence-electron chi connectivity index (χ3n) is 4.33. The standard InChI is InChI=1S/C22H23ClN2O2/c1-26-21-8-5-19(13-22(21)27-2)16-25(15-18-9-11-24-12-10-18)14-17-3-6-20(23)7-4-17/h3-13H,14-16H2,1-2H3. The zero-order valence-electron chi connectivity index (χ0n) is 15.6. The van der Waals surface area contributed by atoms with Crippen molar-refractivity contribution in [2.24, 2.45) is 0 Å². The molecule has 0 unspecified atom stereocenters. The first-order chi connectivity index (χ1) is 13.2. The molecular weight excluding hydrogens is 360 g/mol. The molecule has 0 fully saturated rings. The van der Waals surface area contributed by atoms with Gasteiger partial charge < -0.3 is 9.47 Å². The Labute approximate surface area is 165 Å². The van der Waals surface area contributed by atoms with Crippen LogP contribution < -0.4 is 9.47 Å². The van der Waals surface area contributed by atoms with E-state index in [9.17, 15) is 0 Å². The number of hydrogen-bond donors (Lipinski definition) is 0. The lowest BCUT2D eigenvalue weighted by Gasteiger charge is -2.23. The van der Waals surface area contributed by atoms with Crippen molar-refractivity contribution in [2.45, 2.75) is 19.6 Å². The minimum absolute atomic E-state index is 0.736. The van der Waals surface area contributed by atoms with E-state index in [-0.39, 0.29) is 0 Å². The topological polar surface area (TPSA) is 34.6 Å². The van der Waals surface area contributed by atoms with Crippen LogP contribution in [0.5, 0.6) is 11.5 Å². The van der Waals surface area contributed by atoms with Gasteiger partial charge in [0, 0.05) is 37.1 Å². The maximum atomic E-state index is 6.02. The molecule has 140 valence electrons. The first-order valence-corrected chi connectivity index (χ1v) is 9.12. The molecule has 0 aliphatic heterocycles. The van der Waals surface area contributed by atoms with E-state index in [0.717, 1.165) is 41.7 Å². The van der Waals surface area contributed by atoms with Gasteiger partial charge in [-0.3, -0.25) is 9.88 Å². The van der Waals surface area contributed by atoms with Crippen molar-refractivity contribution in [3.8, 4) is 11.5 Å². The summed E-state index contributed by atoms with van der Waals surface area (Å²) < 4.78 is 10.8. The van der Waals surface area contributed by atoms with Gasteiger partial charge in [0.25, 0.3) is 0 Å². The van der Waals surface area contributed by atoms with Crippen LogP contribution in [0.4, 0.5) is 0 Å². The normalized spacial score (nSPS) is 10.8. The van der Waals surface area contributed by atoms with E-state index in [1.54, 1.807) is 14.2 Å². The van der Waals surface area contributed by atoms with Crippen molar-refractivity contribution in [1.29, 1.82) is 0 Å². The predicted octanol–water partition coefficient (Wildman–Crippen LogP) is 4.95. The Hall–Kier alpha value is -2.56. The second-order valence-electron chi connectivity index (χ2n) is 6.32. The van der Waals surface area contributed by atoms with E-state index >= 15 is 0 Å². The lowest BCUT2D eigenvalue weighted by atomic mass is 10.1. The molecule has 0 radical (unpaired) electrons. The highest BCUT2D eigenvalue weighted by Crippen LogP contribution is 2.28. The zero-order chi connectivity index (χ0) is 19.1. The van der Waals surface area contributed by atoms with Crippen LogP contribution in [0, 0.1) is 0 Å². The summed E-state index contributed by atoms with van der Waals surface area (Å²) in [6.45, 7) is 2.42. The van der Waals surface area contributed by atoms with E-state index in [0.29, 0.717) is 0 Å². The molecule has 0 saturated heterocycles. The van der Waals surface area contributed by atoms with Crippen molar-refractivity contribution in [2.75, 3.05) is 14.2 Å². The van der Waals surface area contributed by atoms with E-state index in [1.807, 2.05) is 48.8 Å². The molecule has 0 saturated carbocycles. The van der Waals surface area contributed by atoms with Crippen molar-refractivity contribution < 1.29 is 9.47 Å². The summed E-state index contributed by atoms with van der Waals surface area (Å²) in [5.41, 5.74) is 3.60. The van der Waals surface area contributed by atoms with Crippen molar-refractivity contribution >= 4 is 11.6 Å². The number of methoxy groups -OCH3 is 2. The van der Waals surface area contributed by atoms with Crippen LogP contribution in [-0.4, -0.2) is 24.1 Å². The fourth-order valence-electron chi connectivity index (χ4n) is 3.00. The average molecular weight is 383 g/mol. The van der Waals surface area contributed by atoms with Crippen LogP contribution in [0.3, 0.4) is 0 Å². The van der Waals surface area contributed by atoms with Gasteiger partial charge in [0.05, 0.1) is 14.2 Å². The number of aromatic nitrogens is 1. The predicted molar refractivity (Wildman–Crippen MR) is 108 cm³/mol. The quantitative estimate of drug-likeness (QED) is 0.551. The Kier molecular flexibility index (Phi) is 6.69. The Morgan fingerprint density at radius 3 is 1.93 bits per heavy atom. The number of benzene rings is 2. The van der Waals surface area contributed by atoms with Crippen molar-refractivity contribution in [3.63, 3.8) is 0 Å². The molecule has 4 nitrogen and oxygen atoms in total. The SMILES string of the molecule is COc1ccc(CN(Cc2ccncc2)Cc2ccc(Cl)cc2)cc1OC. The lowest BCUT2D eigenvalue weighted by molar-refractivity contribution is 0.247. The van der Waals surface area contributed by atoms with Crippen molar-refractivity contribution in [3.05, 3.63) is 88.7 Å². The lowest BCUT2D eigenvalue weighted by Crippen LogP contribution is -2.22. The fourth-order valence-corrected chi connectivity index (χ4v) is 3.13. The van der Waals surface area contributed by atoms with E-state index < -0.39 is 0 Å². The largest absolute Gasteiger partial charge is 0.493 e. The molecule has 3 rings (SSSR count). The second kappa shape index (κ2) is 9.40. The van der Waals surface area contributed by atoms with Gasteiger partial charge in [-0.2, -0.15) is 0 Å². The Balaban J connectivity index is 1.81. The molecule has 0 aliphatic carbocycles. The molecule has 1 heterocycles. The van der Waals surface area contributed by atoms with Crippen LogP contribution in [0.15, 0.2) is 67.0 Å². The van der Waals surface area contributed by atoms with Gasteiger partial charge in [0.15, 0.2) is 11.5 Å². The van der Waals surface area contributed by atoms with Gasteiger partial charge in [-0.05, 0) is 53.1 Å². The second-order valence-corrected chi connectivity index (χ2v) is 6.75. The molecule has 5 heteroatoms. The van der Waals surface area contributed by atoms with Crippen LogP contribution >= 0.6 is 11.6 Å². The highest BCUT2D eigenvalue weighted by atomic mass is 35.5. The Morgan fingerprint density at radius 1 is 0.741 bits per heavy atom. The first-order valence-electron chi connectivity index (χ1n) is 8.74. The summed E-state index contributed by atoms with van der Waals surface area (Å²) in [5, 5.41) is 0.749. The average Bonchev–Trinajstić information content (AvgIpc) is 2.70. The van der Waals surface area contributed by atoms with Gasteiger partial charge in [-0.15, -0.1) is 0 Å². The number of ether oxygens (including phenoxy) is 2. The maximum Gasteiger partial charge on any atom is 0.161 e. The van der Waals surface area contributed by atoms with E-state index in [1.165, 1.54) is 11.1 Å². The number of pyridine rings is 1. The Bertz CT molecular complexity index is 854. The van der Waals surface area contributed by atoms with Gasteiger partial charge >= 0.3 is 0 Å². The van der Waals surface area contributed by atoms with Crippen molar-refractivity contribution in [1.82, 2.24) is 9.88 Å².